The average Bonchev–Trinajstić information content (AvgIpc) is 3.24. The molecular weight excluding hydrogens is 410 g/mol. The fourth-order valence-electron chi connectivity index (χ4n) is 3.85. The molecule has 0 saturated heterocycles. The molecule has 1 amide bonds. The maximum atomic E-state index is 13.5. The summed E-state index contributed by atoms with van der Waals surface area (Å²) in [5, 5.41) is 11.6. The highest BCUT2D eigenvalue weighted by atomic mass is 32.1. The molecule has 7 heteroatoms. The number of thiazole rings is 1. The molecule has 0 radical (unpaired) electrons. The van der Waals surface area contributed by atoms with Gasteiger partial charge in [0.1, 0.15) is 0 Å². The quantitative estimate of drug-likeness (QED) is 0.569. The van der Waals surface area contributed by atoms with Gasteiger partial charge >= 0.3 is 0 Å². The van der Waals surface area contributed by atoms with E-state index < -0.39 is 17.7 Å². The number of nitrogens with zero attached hydrogens (tertiary/aromatic N) is 3. The lowest BCUT2D eigenvalue weighted by Crippen LogP contribution is -2.31. The number of benzene rings is 1. The molecule has 1 aliphatic rings. The Labute approximate surface area is 184 Å². The molecule has 31 heavy (non-hydrogen) atoms. The first kappa shape index (κ1) is 20.9. The maximum absolute atomic E-state index is 13.5. The number of Topliss-reactive ketones (excluding diaryl/α,β-unsaturated/α-hetero) is 1. The molecule has 3 heterocycles. The van der Waals surface area contributed by atoms with Gasteiger partial charge in [-0.2, -0.15) is 0 Å². The zero-order chi connectivity index (χ0) is 22.3. The number of ketones is 1. The Hall–Kier alpha value is -3.32. The molecule has 1 aromatic carbocycles. The third kappa shape index (κ3) is 3.65. The lowest BCUT2D eigenvalue weighted by Gasteiger charge is -2.27. The van der Waals surface area contributed by atoms with E-state index in [1.54, 1.807) is 31.5 Å². The minimum Gasteiger partial charge on any atom is -0.503 e. The van der Waals surface area contributed by atoms with Gasteiger partial charge in [-0.15, -0.1) is 11.3 Å². The SMILES string of the molecule is Cc1nc(C)c(C(=O)C2=C(O)C(=O)N(c3ccc(C(C)C)cc3)C2c2ccncc2)s1. The van der Waals surface area contributed by atoms with Gasteiger partial charge in [0.2, 0.25) is 5.78 Å². The first-order valence-corrected chi connectivity index (χ1v) is 10.9. The lowest BCUT2D eigenvalue weighted by molar-refractivity contribution is -0.117. The van der Waals surface area contributed by atoms with Crippen LogP contribution in [0.5, 0.6) is 0 Å². The highest BCUT2D eigenvalue weighted by Gasteiger charge is 2.45. The number of aryl methyl sites for hydroxylation is 2. The smallest absolute Gasteiger partial charge is 0.294 e. The van der Waals surface area contributed by atoms with E-state index in [1.807, 2.05) is 31.2 Å². The van der Waals surface area contributed by atoms with Crippen molar-refractivity contribution in [1.29, 1.82) is 0 Å². The third-order valence-corrected chi connectivity index (χ3v) is 6.49. The Morgan fingerprint density at radius 3 is 2.29 bits per heavy atom. The summed E-state index contributed by atoms with van der Waals surface area (Å²) in [5.74, 6) is -1.15. The van der Waals surface area contributed by atoms with E-state index in [9.17, 15) is 14.7 Å². The summed E-state index contributed by atoms with van der Waals surface area (Å²) >= 11 is 1.26. The molecule has 0 bridgehead atoms. The molecule has 1 atom stereocenters. The van der Waals surface area contributed by atoms with Crippen LogP contribution in [-0.4, -0.2) is 26.8 Å². The number of carbonyl (C=O) groups is 2. The summed E-state index contributed by atoms with van der Waals surface area (Å²) in [6.07, 6.45) is 3.22. The zero-order valence-electron chi connectivity index (χ0n) is 17.8. The number of aromatic nitrogens is 2. The largest absolute Gasteiger partial charge is 0.503 e. The molecule has 2 aromatic heterocycles. The number of aliphatic hydroxyl groups excluding tert-OH is 1. The molecule has 1 unspecified atom stereocenters. The molecule has 6 nitrogen and oxygen atoms in total. The van der Waals surface area contributed by atoms with E-state index in [4.69, 9.17) is 0 Å². The average molecular weight is 434 g/mol. The lowest BCUT2D eigenvalue weighted by atomic mass is 9.95. The fraction of sp³-hybridized carbons (Fsp3) is 0.250. The molecule has 0 fully saturated rings. The van der Waals surface area contributed by atoms with Gasteiger partial charge in [0.15, 0.2) is 5.76 Å². The van der Waals surface area contributed by atoms with E-state index >= 15 is 0 Å². The van der Waals surface area contributed by atoms with Crippen LogP contribution in [0.1, 0.15) is 57.3 Å². The molecule has 1 aliphatic heterocycles. The summed E-state index contributed by atoms with van der Waals surface area (Å²) in [6.45, 7) is 7.78. The summed E-state index contributed by atoms with van der Waals surface area (Å²) in [5.41, 5.74) is 3.11. The summed E-state index contributed by atoms with van der Waals surface area (Å²) < 4.78 is 0. The van der Waals surface area contributed by atoms with Crippen LogP contribution in [0.15, 0.2) is 60.1 Å². The number of pyridine rings is 1. The summed E-state index contributed by atoms with van der Waals surface area (Å²) in [6, 6.07) is 10.4. The summed E-state index contributed by atoms with van der Waals surface area (Å²) in [4.78, 5) is 37.0. The second-order valence-electron chi connectivity index (χ2n) is 7.84. The molecule has 0 spiro atoms. The predicted octanol–water partition coefficient (Wildman–Crippen LogP) is 5.06. The van der Waals surface area contributed by atoms with Crippen LogP contribution in [-0.2, 0) is 4.79 Å². The monoisotopic (exact) mass is 433 g/mol. The first-order valence-electron chi connectivity index (χ1n) is 10.0. The van der Waals surface area contributed by atoms with Gasteiger partial charge in [-0.25, -0.2) is 4.98 Å². The molecule has 158 valence electrons. The standard InChI is InChI=1S/C24H23N3O3S/c1-13(2)16-5-7-18(8-6-16)27-20(17-9-11-25-12-10-17)19(22(29)24(27)30)21(28)23-14(3)26-15(4)31-23/h5-13,20,29H,1-4H3. The Morgan fingerprint density at radius 2 is 1.74 bits per heavy atom. The van der Waals surface area contributed by atoms with Crippen molar-refractivity contribution in [3.63, 3.8) is 0 Å². The van der Waals surface area contributed by atoms with Crippen molar-refractivity contribution in [2.24, 2.45) is 0 Å². The van der Waals surface area contributed by atoms with E-state index in [0.29, 0.717) is 27.7 Å². The van der Waals surface area contributed by atoms with E-state index in [1.165, 1.54) is 16.2 Å². The summed E-state index contributed by atoms with van der Waals surface area (Å²) in [7, 11) is 0. The van der Waals surface area contributed by atoms with Gasteiger partial charge in [-0.05, 0) is 55.2 Å². The number of hydrogen-bond acceptors (Lipinski definition) is 6. The predicted molar refractivity (Wildman–Crippen MR) is 121 cm³/mol. The van der Waals surface area contributed by atoms with E-state index in [-0.39, 0.29) is 11.4 Å². The molecular formula is C24H23N3O3S. The molecule has 0 saturated carbocycles. The van der Waals surface area contributed by atoms with Crippen molar-refractivity contribution in [2.45, 2.75) is 39.7 Å². The normalized spacial score (nSPS) is 16.5. The van der Waals surface area contributed by atoms with Crippen molar-refractivity contribution in [2.75, 3.05) is 4.90 Å². The van der Waals surface area contributed by atoms with Crippen molar-refractivity contribution in [3.8, 4) is 0 Å². The Morgan fingerprint density at radius 1 is 1.10 bits per heavy atom. The first-order chi connectivity index (χ1) is 14.8. The molecule has 1 N–H and O–H groups in total. The second kappa shape index (κ2) is 8.07. The number of hydrogen-bond donors (Lipinski definition) is 1. The topological polar surface area (TPSA) is 83.4 Å². The highest BCUT2D eigenvalue weighted by molar-refractivity contribution is 7.14. The van der Waals surface area contributed by atoms with Crippen LogP contribution >= 0.6 is 11.3 Å². The number of carbonyl (C=O) groups excluding carboxylic acids is 2. The minimum atomic E-state index is -0.755. The second-order valence-corrected chi connectivity index (χ2v) is 9.05. The Balaban J connectivity index is 1.85. The van der Waals surface area contributed by atoms with Gasteiger partial charge in [0.25, 0.3) is 5.91 Å². The van der Waals surface area contributed by atoms with Crippen LogP contribution in [0.2, 0.25) is 0 Å². The van der Waals surface area contributed by atoms with Crippen LogP contribution in [0.3, 0.4) is 0 Å². The van der Waals surface area contributed by atoms with Crippen molar-refractivity contribution in [3.05, 3.63) is 86.8 Å². The maximum Gasteiger partial charge on any atom is 0.294 e. The van der Waals surface area contributed by atoms with Gasteiger partial charge in [0.05, 0.1) is 27.2 Å². The number of anilines is 1. The number of aliphatic hydroxyl groups is 1. The van der Waals surface area contributed by atoms with Gasteiger partial charge in [-0.1, -0.05) is 26.0 Å². The van der Waals surface area contributed by atoms with Gasteiger partial charge in [-0.3, -0.25) is 19.5 Å². The number of rotatable bonds is 5. The minimum absolute atomic E-state index is 0.0656. The Bertz CT molecular complexity index is 1180. The van der Waals surface area contributed by atoms with Gasteiger partial charge in [0, 0.05) is 18.1 Å². The van der Waals surface area contributed by atoms with Crippen LogP contribution in [0.4, 0.5) is 5.69 Å². The van der Waals surface area contributed by atoms with Crippen LogP contribution in [0.25, 0.3) is 0 Å². The zero-order valence-corrected chi connectivity index (χ0v) is 18.6. The number of amides is 1. The molecule has 0 aliphatic carbocycles. The van der Waals surface area contributed by atoms with Crippen LogP contribution < -0.4 is 4.90 Å². The van der Waals surface area contributed by atoms with E-state index in [2.05, 4.69) is 23.8 Å². The van der Waals surface area contributed by atoms with Crippen LogP contribution in [0, 0.1) is 13.8 Å². The highest BCUT2D eigenvalue weighted by Crippen LogP contribution is 2.42. The van der Waals surface area contributed by atoms with Crippen molar-refractivity contribution < 1.29 is 14.7 Å². The fourth-order valence-corrected chi connectivity index (χ4v) is 4.72. The van der Waals surface area contributed by atoms with Crippen molar-refractivity contribution >= 4 is 28.7 Å². The molecule has 4 rings (SSSR count). The van der Waals surface area contributed by atoms with E-state index in [0.717, 1.165) is 10.6 Å². The third-order valence-electron chi connectivity index (χ3n) is 5.42. The molecule has 3 aromatic rings. The van der Waals surface area contributed by atoms with Crippen molar-refractivity contribution in [1.82, 2.24) is 9.97 Å². The van der Waals surface area contributed by atoms with Gasteiger partial charge < -0.3 is 5.11 Å². The Kier molecular flexibility index (Phi) is 5.45.